The zero-order valence-electron chi connectivity index (χ0n) is 14.2. The first kappa shape index (κ1) is 19.0. The molecule has 0 nitrogen and oxygen atoms in total. The quantitative estimate of drug-likeness (QED) is 0.292. The molecule has 1 radical (unpaired) electrons. The van der Waals surface area contributed by atoms with Crippen LogP contribution in [0.4, 0.5) is 0 Å². The van der Waals surface area contributed by atoms with Gasteiger partial charge >= 0.3 is 0 Å². The van der Waals surface area contributed by atoms with E-state index in [1.807, 2.05) is 0 Å². The second-order valence-corrected chi connectivity index (χ2v) is 6.42. The lowest BCUT2D eigenvalue weighted by Crippen LogP contribution is -2.08. The van der Waals surface area contributed by atoms with Gasteiger partial charge in [0.15, 0.2) is 0 Å². The lowest BCUT2D eigenvalue weighted by Gasteiger charge is -2.20. The molecule has 0 aromatic rings. The van der Waals surface area contributed by atoms with Crippen molar-refractivity contribution in [3.8, 4) is 0 Å². The molecule has 0 aromatic heterocycles. The molecule has 0 aliphatic heterocycles. The standard InChI is InChI=1S/C19H39/c1-5-8-10-11-12-13-15-18(4)17-19(14-7-3)16-9-6-2/h17-19H,5-16H2,1-4H3. The van der Waals surface area contributed by atoms with Gasteiger partial charge < -0.3 is 0 Å². The summed E-state index contributed by atoms with van der Waals surface area (Å²) in [6.45, 7) is 9.36. The zero-order chi connectivity index (χ0) is 14.3. The molecular weight excluding hydrogens is 228 g/mol. The van der Waals surface area contributed by atoms with Gasteiger partial charge in [0.25, 0.3) is 0 Å². The van der Waals surface area contributed by atoms with Crippen LogP contribution in [0.15, 0.2) is 0 Å². The molecule has 0 rings (SSSR count). The van der Waals surface area contributed by atoms with Crippen LogP contribution >= 0.6 is 0 Å². The Kier molecular flexibility index (Phi) is 14.4. The minimum Gasteiger partial charge on any atom is -0.0654 e. The number of unbranched alkanes of at least 4 members (excludes halogenated alkanes) is 6. The van der Waals surface area contributed by atoms with E-state index in [2.05, 4.69) is 34.1 Å². The Labute approximate surface area is 123 Å². The predicted molar refractivity (Wildman–Crippen MR) is 89.4 cm³/mol. The largest absolute Gasteiger partial charge is 0.0654 e. The van der Waals surface area contributed by atoms with Crippen LogP contribution in [0.1, 0.15) is 105 Å². The minimum atomic E-state index is 0.833. The van der Waals surface area contributed by atoms with E-state index in [1.54, 1.807) is 0 Å². The van der Waals surface area contributed by atoms with Gasteiger partial charge in [0, 0.05) is 0 Å². The van der Waals surface area contributed by atoms with Crippen molar-refractivity contribution in [1.82, 2.24) is 0 Å². The summed E-state index contributed by atoms with van der Waals surface area (Å²) >= 11 is 0. The molecule has 2 unspecified atom stereocenters. The molecule has 19 heavy (non-hydrogen) atoms. The number of hydrogen-bond acceptors (Lipinski definition) is 0. The molecule has 0 fully saturated rings. The normalized spacial score (nSPS) is 14.5. The molecule has 0 aliphatic carbocycles. The molecule has 0 heterocycles. The van der Waals surface area contributed by atoms with E-state index in [0.717, 1.165) is 11.8 Å². The minimum absolute atomic E-state index is 0.833. The second-order valence-electron chi connectivity index (χ2n) is 6.42. The fourth-order valence-electron chi connectivity index (χ4n) is 2.98. The maximum atomic E-state index is 2.67. The van der Waals surface area contributed by atoms with E-state index >= 15 is 0 Å². The zero-order valence-corrected chi connectivity index (χ0v) is 14.2. The first-order valence-electron chi connectivity index (χ1n) is 9.09. The van der Waals surface area contributed by atoms with Crippen molar-refractivity contribution in [1.29, 1.82) is 0 Å². The summed E-state index contributed by atoms with van der Waals surface area (Å²) in [6, 6.07) is 0. The molecule has 0 heteroatoms. The molecule has 0 saturated heterocycles. The SMILES string of the molecule is CCCCCCCCC(C)[CH]C(CCC)CCCC. The summed E-state index contributed by atoms with van der Waals surface area (Å²) in [5.74, 6) is 1.72. The number of rotatable bonds is 14. The molecule has 115 valence electrons. The monoisotopic (exact) mass is 267 g/mol. The highest BCUT2D eigenvalue weighted by Crippen LogP contribution is 2.25. The van der Waals surface area contributed by atoms with Crippen LogP contribution in [0, 0.1) is 18.3 Å². The van der Waals surface area contributed by atoms with Gasteiger partial charge in [0.2, 0.25) is 0 Å². The van der Waals surface area contributed by atoms with Gasteiger partial charge in [0.05, 0.1) is 0 Å². The summed E-state index contributed by atoms with van der Waals surface area (Å²) in [6.07, 6.45) is 19.6. The fraction of sp³-hybridized carbons (Fsp3) is 0.947. The Balaban J connectivity index is 3.58. The van der Waals surface area contributed by atoms with E-state index in [9.17, 15) is 0 Å². The molecular formula is C19H39. The van der Waals surface area contributed by atoms with Crippen LogP contribution in [0.2, 0.25) is 0 Å². The van der Waals surface area contributed by atoms with Crippen LogP contribution in [-0.4, -0.2) is 0 Å². The van der Waals surface area contributed by atoms with Gasteiger partial charge in [-0.1, -0.05) is 105 Å². The Morgan fingerprint density at radius 2 is 1.26 bits per heavy atom. The van der Waals surface area contributed by atoms with E-state index < -0.39 is 0 Å². The third-order valence-electron chi connectivity index (χ3n) is 4.20. The van der Waals surface area contributed by atoms with Gasteiger partial charge in [-0.15, -0.1) is 0 Å². The molecule has 0 aliphatic rings. The summed E-state index contributed by atoms with van der Waals surface area (Å²) < 4.78 is 0. The van der Waals surface area contributed by atoms with Crippen molar-refractivity contribution in [3.05, 3.63) is 6.42 Å². The van der Waals surface area contributed by atoms with Crippen molar-refractivity contribution in [3.63, 3.8) is 0 Å². The van der Waals surface area contributed by atoms with Crippen LogP contribution in [0.3, 0.4) is 0 Å². The first-order valence-corrected chi connectivity index (χ1v) is 9.09. The van der Waals surface area contributed by atoms with Gasteiger partial charge in [0.1, 0.15) is 0 Å². The Hall–Kier alpha value is 0. The fourth-order valence-corrected chi connectivity index (χ4v) is 2.98. The van der Waals surface area contributed by atoms with E-state index in [-0.39, 0.29) is 0 Å². The van der Waals surface area contributed by atoms with Crippen LogP contribution in [0.5, 0.6) is 0 Å². The van der Waals surface area contributed by atoms with Crippen molar-refractivity contribution >= 4 is 0 Å². The lowest BCUT2D eigenvalue weighted by atomic mass is 9.86. The predicted octanol–water partition coefficient (Wildman–Crippen LogP) is 7.18. The van der Waals surface area contributed by atoms with E-state index in [0.29, 0.717) is 0 Å². The topological polar surface area (TPSA) is 0 Å². The highest BCUT2D eigenvalue weighted by molar-refractivity contribution is 4.81. The third-order valence-corrected chi connectivity index (χ3v) is 4.20. The van der Waals surface area contributed by atoms with E-state index in [4.69, 9.17) is 0 Å². The van der Waals surface area contributed by atoms with Crippen molar-refractivity contribution in [2.24, 2.45) is 11.8 Å². The summed E-state index contributed by atoms with van der Waals surface area (Å²) in [5, 5.41) is 0. The average Bonchev–Trinajstić information content (AvgIpc) is 2.40. The maximum Gasteiger partial charge on any atom is -0.0326 e. The Morgan fingerprint density at radius 3 is 1.89 bits per heavy atom. The first-order chi connectivity index (χ1) is 9.24. The average molecular weight is 268 g/mol. The van der Waals surface area contributed by atoms with E-state index in [1.165, 1.54) is 77.0 Å². The summed E-state index contributed by atoms with van der Waals surface area (Å²) in [5.41, 5.74) is 0. The Bertz CT molecular complexity index is 161. The van der Waals surface area contributed by atoms with Crippen molar-refractivity contribution in [2.45, 2.75) is 105 Å². The highest BCUT2D eigenvalue weighted by Gasteiger charge is 2.12. The van der Waals surface area contributed by atoms with Crippen molar-refractivity contribution in [2.75, 3.05) is 0 Å². The summed E-state index contributed by atoms with van der Waals surface area (Å²) in [7, 11) is 0. The van der Waals surface area contributed by atoms with Gasteiger partial charge in [-0.05, 0) is 18.3 Å². The van der Waals surface area contributed by atoms with Crippen molar-refractivity contribution < 1.29 is 0 Å². The number of hydrogen-bond donors (Lipinski definition) is 0. The smallest absolute Gasteiger partial charge is 0.0326 e. The molecule has 2 atom stereocenters. The molecule has 0 spiro atoms. The molecule has 0 bridgehead atoms. The summed E-state index contributed by atoms with van der Waals surface area (Å²) in [4.78, 5) is 0. The van der Waals surface area contributed by atoms with Crippen LogP contribution in [-0.2, 0) is 0 Å². The van der Waals surface area contributed by atoms with Gasteiger partial charge in [-0.25, -0.2) is 0 Å². The van der Waals surface area contributed by atoms with Gasteiger partial charge in [-0.3, -0.25) is 0 Å². The molecule has 0 aromatic carbocycles. The van der Waals surface area contributed by atoms with Gasteiger partial charge in [-0.2, -0.15) is 0 Å². The maximum absolute atomic E-state index is 2.67. The Morgan fingerprint density at radius 1 is 0.632 bits per heavy atom. The van der Waals surface area contributed by atoms with Crippen LogP contribution < -0.4 is 0 Å². The third kappa shape index (κ3) is 12.8. The molecule has 0 amide bonds. The molecule has 0 saturated carbocycles. The second kappa shape index (κ2) is 14.4. The van der Waals surface area contributed by atoms with Crippen LogP contribution in [0.25, 0.3) is 0 Å². The molecule has 0 N–H and O–H groups in total. The lowest BCUT2D eigenvalue weighted by molar-refractivity contribution is 0.414. The highest BCUT2D eigenvalue weighted by atomic mass is 14.2.